The lowest BCUT2D eigenvalue weighted by Crippen LogP contribution is -2.01. The zero-order valence-corrected chi connectivity index (χ0v) is 12.0. The first-order valence-electron chi connectivity index (χ1n) is 6.78. The number of carbonyl (C=O) groups is 1. The highest BCUT2D eigenvalue weighted by Gasteiger charge is 2.19. The van der Waals surface area contributed by atoms with Crippen molar-refractivity contribution >= 4 is 16.9 Å². The molecule has 0 fully saturated rings. The second kappa shape index (κ2) is 5.92. The smallest absolute Gasteiger partial charge is 0.335 e. The number of fused-ring (bicyclic) bond motifs is 1. The summed E-state index contributed by atoms with van der Waals surface area (Å²) in [7, 11) is 0. The summed E-state index contributed by atoms with van der Waals surface area (Å²) < 4.78 is 54.5. The molecule has 1 N–H and O–H groups in total. The predicted molar refractivity (Wildman–Crippen MR) is 78.8 cm³/mol. The number of aromatic carboxylic acids is 1. The fourth-order valence-electron chi connectivity index (χ4n) is 2.57. The Bertz CT molecular complexity index is 949. The lowest BCUT2D eigenvalue weighted by Gasteiger charge is -2.11. The van der Waals surface area contributed by atoms with Gasteiger partial charge in [0.15, 0.2) is 0 Å². The quantitative estimate of drug-likeness (QED) is 0.718. The van der Waals surface area contributed by atoms with Crippen molar-refractivity contribution in [2.24, 2.45) is 0 Å². The van der Waals surface area contributed by atoms with Crippen LogP contribution in [0.4, 0.5) is 17.6 Å². The third-order valence-electron chi connectivity index (χ3n) is 3.59. The SMILES string of the molecule is O=C(O)c1cc(CF)c2nccc(-c3c(F)cc(F)cc3F)c2c1. The van der Waals surface area contributed by atoms with Gasteiger partial charge in [-0.1, -0.05) is 0 Å². The maximum Gasteiger partial charge on any atom is 0.335 e. The van der Waals surface area contributed by atoms with E-state index in [1.807, 2.05) is 0 Å². The Kier molecular flexibility index (Phi) is 3.92. The number of halogens is 4. The van der Waals surface area contributed by atoms with Gasteiger partial charge >= 0.3 is 5.97 Å². The molecule has 0 aliphatic rings. The van der Waals surface area contributed by atoms with Crippen molar-refractivity contribution in [3.8, 4) is 11.1 Å². The molecule has 0 saturated carbocycles. The van der Waals surface area contributed by atoms with E-state index in [-0.39, 0.29) is 27.6 Å². The molecule has 0 bridgehead atoms. The van der Waals surface area contributed by atoms with Crippen molar-refractivity contribution < 1.29 is 27.5 Å². The van der Waals surface area contributed by atoms with Crippen molar-refractivity contribution in [1.29, 1.82) is 0 Å². The standard InChI is InChI=1S/C17H9F4NO2/c18-7-9-3-8(17(23)24)4-12-11(1-2-22-16(9)12)15-13(20)5-10(19)6-14(15)21/h1-6H,7H2,(H,23,24). The number of nitrogens with zero attached hydrogens (tertiary/aromatic N) is 1. The molecule has 1 heterocycles. The van der Waals surface area contributed by atoms with E-state index in [2.05, 4.69) is 4.98 Å². The van der Waals surface area contributed by atoms with Crippen molar-refractivity contribution in [3.05, 3.63) is 65.1 Å². The van der Waals surface area contributed by atoms with Crippen molar-refractivity contribution in [1.82, 2.24) is 4.98 Å². The van der Waals surface area contributed by atoms with Crippen LogP contribution in [0.3, 0.4) is 0 Å². The summed E-state index contributed by atoms with van der Waals surface area (Å²) >= 11 is 0. The van der Waals surface area contributed by atoms with Crippen LogP contribution in [0, 0.1) is 17.5 Å². The number of pyridine rings is 1. The van der Waals surface area contributed by atoms with Gasteiger partial charge in [0.2, 0.25) is 0 Å². The van der Waals surface area contributed by atoms with E-state index in [0.717, 1.165) is 12.1 Å². The van der Waals surface area contributed by atoms with Gasteiger partial charge in [0.05, 0.1) is 16.6 Å². The summed E-state index contributed by atoms with van der Waals surface area (Å²) in [4.78, 5) is 15.2. The van der Waals surface area contributed by atoms with Gasteiger partial charge in [-0.2, -0.15) is 0 Å². The molecule has 122 valence electrons. The van der Waals surface area contributed by atoms with Crippen LogP contribution < -0.4 is 0 Å². The molecule has 0 radical (unpaired) electrons. The van der Waals surface area contributed by atoms with Crippen LogP contribution in [0.1, 0.15) is 15.9 Å². The van der Waals surface area contributed by atoms with Crippen LogP contribution >= 0.6 is 0 Å². The Hall–Kier alpha value is -2.96. The number of carboxylic acid groups (broad SMARTS) is 1. The number of hydrogen-bond acceptors (Lipinski definition) is 2. The third-order valence-corrected chi connectivity index (χ3v) is 3.59. The Labute approximate surface area is 133 Å². The molecule has 24 heavy (non-hydrogen) atoms. The molecular weight excluding hydrogens is 326 g/mol. The van der Waals surface area contributed by atoms with Crippen molar-refractivity contribution in [2.75, 3.05) is 0 Å². The van der Waals surface area contributed by atoms with Gasteiger partial charge in [-0.3, -0.25) is 4.98 Å². The van der Waals surface area contributed by atoms with E-state index in [0.29, 0.717) is 12.1 Å². The molecule has 3 rings (SSSR count). The highest BCUT2D eigenvalue weighted by Crippen LogP contribution is 2.34. The summed E-state index contributed by atoms with van der Waals surface area (Å²) in [5, 5.41) is 9.20. The number of rotatable bonds is 3. The molecule has 0 spiro atoms. The summed E-state index contributed by atoms with van der Waals surface area (Å²) in [6.45, 7) is -0.998. The summed E-state index contributed by atoms with van der Waals surface area (Å²) in [6, 6.07) is 4.55. The molecule has 3 aromatic rings. The maximum absolute atomic E-state index is 14.1. The Morgan fingerprint density at radius 1 is 1.08 bits per heavy atom. The molecule has 0 saturated heterocycles. The number of benzene rings is 2. The summed E-state index contributed by atoms with van der Waals surface area (Å²) in [5.41, 5.74) is -0.742. The molecule has 0 amide bonds. The molecule has 0 atom stereocenters. The van der Waals surface area contributed by atoms with E-state index < -0.39 is 35.7 Å². The molecule has 0 aliphatic heterocycles. The average Bonchev–Trinajstić information content (AvgIpc) is 2.53. The van der Waals surface area contributed by atoms with Crippen LogP contribution in [0.25, 0.3) is 22.0 Å². The van der Waals surface area contributed by atoms with Crippen LogP contribution in [-0.4, -0.2) is 16.1 Å². The normalized spacial score (nSPS) is 11.0. The predicted octanol–water partition coefficient (Wildman–Crippen LogP) is 4.49. The van der Waals surface area contributed by atoms with E-state index >= 15 is 0 Å². The zero-order chi connectivity index (χ0) is 17.4. The average molecular weight is 335 g/mol. The molecule has 0 unspecified atom stereocenters. The second-order valence-corrected chi connectivity index (χ2v) is 5.07. The minimum atomic E-state index is -1.32. The Morgan fingerprint density at radius 3 is 2.33 bits per heavy atom. The summed E-state index contributed by atoms with van der Waals surface area (Å²) in [5.74, 6) is -4.70. The first-order valence-corrected chi connectivity index (χ1v) is 6.78. The number of hydrogen-bond donors (Lipinski definition) is 1. The minimum absolute atomic E-state index is 0.0188. The Balaban J connectivity index is 2.42. The minimum Gasteiger partial charge on any atom is -0.478 e. The van der Waals surface area contributed by atoms with Gasteiger partial charge in [-0.25, -0.2) is 22.4 Å². The number of alkyl halides is 1. The largest absolute Gasteiger partial charge is 0.478 e. The van der Waals surface area contributed by atoms with Gasteiger partial charge in [-0.15, -0.1) is 0 Å². The number of carboxylic acids is 1. The lowest BCUT2D eigenvalue weighted by molar-refractivity contribution is 0.0697. The van der Waals surface area contributed by atoms with Crippen LogP contribution in [0.2, 0.25) is 0 Å². The highest BCUT2D eigenvalue weighted by atomic mass is 19.1. The molecule has 1 aromatic heterocycles. The van der Waals surface area contributed by atoms with Gasteiger partial charge in [0, 0.05) is 29.3 Å². The first-order chi connectivity index (χ1) is 11.4. The lowest BCUT2D eigenvalue weighted by atomic mass is 9.96. The monoisotopic (exact) mass is 335 g/mol. The first kappa shape index (κ1) is 15.9. The maximum atomic E-state index is 14.1. The fraction of sp³-hybridized carbons (Fsp3) is 0.0588. The van der Waals surface area contributed by atoms with Gasteiger partial charge in [0.1, 0.15) is 24.1 Å². The topological polar surface area (TPSA) is 50.2 Å². The van der Waals surface area contributed by atoms with Crippen LogP contribution in [-0.2, 0) is 6.67 Å². The van der Waals surface area contributed by atoms with E-state index in [4.69, 9.17) is 5.11 Å². The van der Waals surface area contributed by atoms with Crippen molar-refractivity contribution in [3.63, 3.8) is 0 Å². The van der Waals surface area contributed by atoms with E-state index in [1.54, 1.807) is 0 Å². The molecule has 2 aromatic carbocycles. The van der Waals surface area contributed by atoms with E-state index in [9.17, 15) is 22.4 Å². The van der Waals surface area contributed by atoms with Gasteiger partial charge in [0.25, 0.3) is 0 Å². The molecule has 7 heteroatoms. The molecule has 3 nitrogen and oxygen atoms in total. The molecule has 0 aliphatic carbocycles. The third kappa shape index (κ3) is 2.58. The second-order valence-electron chi connectivity index (χ2n) is 5.07. The van der Waals surface area contributed by atoms with Crippen molar-refractivity contribution in [2.45, 2.75) is 6.67 Å². The van der Waals surface area contributed by atoms with Gasteiger partial charge in [-0.05, 0) is 23.8 Å². The number of aromatic nitrogens is 1. The zero-order valence-electron chi connectivity index (χ0n) is 12.0. The van der Waals surface area contributed by atoms with Gasteiger partial charge < -0.3 is 5.11 Å². The van der Waals surface area contributed by atoms with Crippen LogP contribution in [0.15, 0.2) is 36.5 Å². The fourth-order valence-corrected chi connectivity index (χ4v) is 2.57. The highest BCUT2D eigenvalue weighted by molar-refractivity contribution is 6.01. The van der Waals surface area contributed by atoms with Crippen LogP contribution in [0.5, 0.6) is 0 Å². The molecular formula is C17H9F4NO2. The summed E-state index contributed by atoms with van der Waals surface area (Å²) in [6.07, 6.45) is 1.22. The van der Waals surface area contributed by atoms with E-state index in [1.165, 1.54) is 12.3 Å². The Morgan fingerprint density at radius 2 is 1.75 bits per heavy atom.